The Kier molecular flexibility index (Phi) is 4.57. The first-order valence-electron chi connectivity index (χ1n) is 9.59. The van der Waals surface area contributed by atoms with E-state index in [0.29, 0.717) is 24.3 Å². The maximum atomic E-state index is 12.9. The Labute approximate surface area is 167 Å². The van der Waals surface area contributed by atoms with Gasteiger partial charge < -0.3 is 20.1 Å². The third-order valence-corrected chi connectivity index (χ3v) is 5.69. The molecule has 2 N–H and O–H groups in total. The number of ether oxygens (including phenoxy) is 2. The van der Waals surface area contributed by atoms with Crippen LogP contribution in [0.3, 0.4) is 0 Å². The van der Waals surface area contributed by atoms with Crippen LogP contribution in [0.1, 0.15) is 38.2 Å². The van der Waals surface area contributed by atoms with E-state index in [0.717, 1.165) is 23.3 Å². The van der Waals surface area contributed by atoms with E-state index in [9.17, 15) is 19.6 Å². The number of carbonyl (C=O) groups excluding carboxylic acids is 3. The average Bonchev–Trinajstić information content (AvgIpc) is 3.38. The van der Waals surface area contributed by atoms with Gasteiger partial charge in [0.05, 0.1) is 6.07 Å². The summed E-state index contributed by atoms with van der Waals surface area (Å²) in [5, 5.41) is 14.8. The van der Waals surface area contributed by atoms with Gasteiger partial charge >= 0.3 is 6.03 Å². The summed E-state index contributed by atoms with van der Waals surface area (Å²) in [6, 6.07) is 6.89. The van der Waals surface area contributed by atoms with E-state index in [1.807, 2.05) is 6.07 Å². The first-order chi connectivity index (χ1) is 13.8. The van der Waals surface area contributed by atoms with Gasteiger partial charge in [-0.25, -0.2) is 4.79 Å². The van der Waals surface area contributed by atoms with Crippen molar-refractivity contribution >= 4 is 17.8 Å². The minimum Gasteiger partial charge on any atom is -0.454 e. The molecule has 1 aromatic carbocycles. The van der Waals surface area contributed by atoms with Gasteiger partial charge in [0.1, 0.15) is 17.6 Å². The number of nitriles is 1. The van der Waals surface area contributed by atoms with Crippen LogP contribution < -0.4 is 20.1 Å². The van der Waals surface area contributed by atoms with Crippen LogP contribution in [0.5, 0.6) is 11.5 Å². The number of rotatable bonds is 5. The van der Waals surface area contributed by atoms with Crippen molar-refractivity contribution in [2.24, 2.45) is 0 Å². The second kappa shape index (κ2) is 6.95. The van der Waals surface area contributed by atoms with E-state index >= 15 is 0 Å². The SMILES string of the molecule is C[C@@]1(Cc2ccc3c(c2)OCO3)NC(=O)N(CC(=O)NC2(C#N)CCCC2)C1=O. The summed E-state index contributed by atoms with van der Waals surface area (Å²) in [5.74, 6) is 0.242. The number of hydrogen-bond acceptors (Lipinski definition) is 6. The summed E-state index contributed by atoms with van der Waals surface area (Å²) in [5.41, 5.74) is -1.27. The number of benzene rings is 1. The van der Waals surface area contributed by atoms with Gasteiger partial charge in [-0.15, -0.1) is 0 Å². The minimum absolute atomic E-state index is 0.152. The number of fused-ring (bicyclic) bond motifs is 1. The molecule has 0 bridgehead atoms. The van der Waals surface area contributed by atoms with Gasteiger partial charge in [-0.2, -0.15) is 5.26 Å². The number of nitrogens with one attached hydrogen (secondary N) is 2. The summed E-state index contributed by atoms with van der Waals surface area (Å²) in [6.45, 7) is 1.37. The highest BCUT2D eigenvalue weighted by Crippen LogP contribution is 2.34. The number of carbonyl (C=O) groups is 3. The van der Waals surface area contributed by atoms with Crippen LogP contribution in [0.2, 0.25) is 0 Å². The van der Waals surface area contributed by atoms with Crippen molar-refractivity contribution in [3.8, 4) is 17.6 Å². The van der Waals surface area contributed by atoms with Gasteiger partial charge in [0, 0.05) is 6.42 Å². The first-order valence-corrected chi connectivity index (χ1v) is 9.59. The van der Waals surface area contributed by atoms with Gasteiger partial charge in [-0.05, 0) is 50.3 Å². The minimum atomic E-state index is -1.18. The average molecular weight is 398 g/mol. The normalized spacial score (nSPS) is 24.3. The lowest BCUT2D eigenvalue weighted by Crippen LogP contribution is -2.51. The number of hydrogen-bond donors (Lipinski definition) is 2. The van der Waals surface area contributed by atoms with Crippen LogP contribution in [-0.2, 0) is 16.0 Å². The topological polar surface area (TPSA) is 121 Å². The van der Waals surface area contributed by atoms with Crippen molar-refractivity contribution < 1.29 is 23.9 Å². The van der Waals surface area contributed by atoms with E-state index < -0.39 is 35.5 Å². The van der Waals surface area contributed by atoms with Gasteiger partial charge in [0.25, 0.3) is 5.91 Å². The standard InChI is InChI=1S/C20H22N4O5/c1-19(9-13-4-5-14-15(8-13)29-12-28-14)17(26)24(18(27)23-19)10-16(25)22-20(11-21)6-2-3-7-20/h4-5,8H,2-3,6-7,9-10,12H2,1H3,(H,22,25)(H,23,27)/t19-/m0/s1. The highest BCUT2D eigenvalue weighted by Gasteiger charge is 2.49. The van der Waals surface area contributed by atoms with E-state index in [-0.39, 0.29) is 13.2 Å². The van der Waals surface area contributed by atoms with Crippen LogP contribution in [-0.4, -0.2) is 47.2 Å². The Morgan fingerprint density at radius 3 is 2.72 bits per heavy atom. The van der Waals surface area contributed by atoms with Gasteiger partial charge in [-0.1, -0.05) is 6.07 Å². The third kappa shape index (κ3) is 3.46. The molecule has 9 nitrogen and oxygen atoms in total. The van der Waals surface area contributed by atoms with E-state index in [1.165, 1.54) is 0 Å². The Morgan fingerprint density at radius 1 is 1.28 bits per heavy atom. The zero-order valence-electron chi connectivity index (χ0n) is 16.1. The van der Waals surface area contributed by atoms with Gasteiger partial charge in [-0.3, -0.25) is 14.5 Å². The maximum Gasteiger partial charge on any atom is 0.325 e. The zero-order chi connectivity index (χ0) is 20.6. The number of urea groups is 1. The van der Waals surface area contributed by atoms with Crippen molar-refractivity contribution in [2.45, 2.75) is 50.1 Å². The summed E-state index contributed by atoms with van der Waals surface area (Å²) < 4.78 is 10.6. The smallest absolute Gasteiger partial charge is 0.325 e. The lowest BCUT2D eigenvalue weighted by molar-refractivity contribution is -0.135. The number of imide groups is 1. The molecule has 0 radical (unpaired) electrons. The summed E-state index contributed by atoms with van der Waals surface area (Å²) in [4.78, 5) is 38.7. The molecule has 9 heteroatoms. The van der Waals surface area contributed by atoms with Crippen molar-refractivity contribution in [1.82, 2.24) is 15.5 Å². The molecule has 29 heavy (non-hydrogen) atoms. The van der Waals surface area contributed by atoms with Crippen LogP contribution in [0.25, 0.3) is 0 Å². The monoisotopic (exact) mass is 398 g/mol. The zero-order valence-corrected chi connectivity index (χ0v) is 16.1. The molecule has 2 aliphatic heterocycles. The molecule has 1 aliphatic carbocycles. The molecule has 152 valence electrons. The van der Waals surface area contributed by atoms with Crippen LogP contribution in [0.15, 0.2) is 18.2 Å². The van der Waals surface area contributed by atoms with Gasteiger partial charge in [0.2, 0.25) is 12.7 Å². The van der Waals surface area contributed by atoms with E-state index in [4.69, 9.17) is 9.47 Å². The molecule has 4 rings (SSSR count). The Hall–Kier alpha value is -3.28. The second-order valence-corrected chi connectivity index (χ2v) is 7.97. The fourth-order valence-electron chi connectivity index (χ4n) is 4.16. The number of amides is 4. The van der Waals surface area contributed by atoms with Crippen molar-refractivity contribution in [1.29, 1.82) is 5.26 Å². The molecular weight excluding hydrogens is 376 g/mol. The molecule has 1 atom stereocenters. The molecule has 2 heterocycles. The summed E-state index contributed by atoms with van der Waals surface area (Å²) in [7, 11) is 0. The molecule has 3 aliphatic rings. The lowest BCUT2D eigenvalue weighted by atomic mass is 9.92. The highest BCUT2D eigenvalue weighted by atomic mass is 16.7. The summed E-state index contributed by atoms with van der Waals surface area (Å²) in [6.07, 6.45) is 3.14. The van der Waals surface area contributed by atoms with Crippen LogP contribution >= 0.6 is 0 Å². The Bertz CT molecular complexity index is 918. The molecule has 1 saturated heterocycles. The van der Waals surface area contributed by atoms with E-state index in [2.05, 4.69) is 16.7 Å². The molecule has 0 aromatic heterocycles. The lowest BCUT2D eigenvalue weighted by Gasteiger charge is -2.24. The quantitative estimate of drug-likeness (QED) is 0.720. The van der Waals surface area contributed by atoms with Crippen LogP contribution in [0, 0.1) is 11.3 Å². The Balaban J connectivity index is 1.44. The maximum absolute atomic E-state index is 12.9. The van der Waals surface area contributed by atoms with Crippen molar-refractivity contribution in [2.75, 3.05) is 13.3 Å². The molecule has 0 unspecified atom stereocenters. The van der Waals surface area contributed by atoms with Crippen molar-refractivity contribution in [3.05, 3.63) is 23.8 Å². The Morgan fingerprint density at radius 2 is 2.00 bits per heavy atom. The first kappa shape index (κ1) is 19.1. The molecule has 2 fully saturated rings. The predicted molar refractivity (Wildman–Crippen MR) is 99.9 cm³/mol. The highest BCUT2D eigenvalue weighted by molar-refractivity contribution is 6.09. The van der Waals surface area contributed by atoms with E-state index in [1.54, 1.807) is 19.1 Å². The largest absolute Gasteiger partial charge is 0.454 e. The fourth-order valence-corrected chi connectivity index (χ4v) is 4.16. The molecule has 1 aromatic rings. The predicted octanol–water partition coefficient (Wildman–Crippen LogP) is 1.22. The third-order valence-electron chi connectivity index (χ3n) is 5.69. The molecule has 4 amide bonds. The van der Waals surface area contributed by atoms with Crippen molar-refractivity contribution in [3.63, 3.8) is 0 Å². The second-order valence-electron chi connectivity index (χ2n) is 7.97. The molecule has 1 saturated carbocycles. The fraction of sp³-hybridized carbons (Fsp3) is 0.500. The summed E-state index contributed by atoms with van der Waals surface area (Å²) >= 11 is 0. The molecular formula is C20H22N4O5. The van der Waals surface area contributed by atoms with Gasteiger partial charge in [0.15, 0.2) is 11.5 Å². The van der Waals surface area contributed by atoms with Crippen LogP contribution in [0.4, 0.5) is 4.79 Å². The molecule has 0 spiro atoms. The number of nitrogens with zero attached hydrogens (tertiary/aromatic N) is 2.